The molecule has 38 heavy (non-hydrogen) atoms. The van der Waals surface area contributed by atoms with E-state index in [0.29, 0.717) is 31.3 Å². The van der Waals surface area contributed by atoms with E-state index in [4.69, 9.17) is 24.1 Å². The number of benzene rings is 3. The summed E-state index contributed by atoms with van der Waals surface area (Å²) in [5.41, 5.74) is 6.71. The first-order valence-corrected chi connectivity index (χ1v) is 13.2. The molecule has 3 aromatic rings. The van der Waals surface area contributed by atoms with Gasteiger partial charge >= 0.3 is 5.97 Å². The van der Waals surface area contributed by atoms with Crippen molar-refractivity contribution in [3.05, 3.63) is 76.9 Å². The minimum atomic E-state index is -0.817. The number of carbonyl (C=O) groups is 1. The molecule has 1 fully saturated rings. The summed E-state index contributed by atoms with van der Waals surface area (Å²) in [5, 5.41) is 9.10. The Hall–Kier alpha value is -3.55. The third-order valence-corrected chi connectivity index (χ3v) is 7.19. The highest BCUT2D eigenvalue weighted by Crippen LogP contribution is 2.38. The summed E-state index contributed by atoms with van der Waals surface area (Å²) < 4.78 is 23.3. The molecular formula is C31H35NO6. The lowest BCUT2D eigenvalue weighted by molar-refractivity contribution is -0.137. The summed E-state index contributed by atoms with van der Waals surface area (Å²) >= 11 is 0. The van der Waals surface area contributed by atoms with E-state index in [1.807, 2.05) is 18.2 Å². The van der Waals surface area contributed by atoms with Gasteiger partial charge in [0.05, 0.1) is 26.2 Å². The first-order valence-electron chi connectivity index (χ1n) is 13.2. The molecule has 3 aromatic carbocycles. The van der Waals surface area contributed by atoms with Gasteiger partial charge in [0.15, 0.2) is 0 Å². The van der Waals surface area contributed by atoms with Crippen LogP contribution < -0.4 is 14.2 Å². The van der Waals surface area contributed by atoms with E-state index in [1.54, 1.807) is 0 Å². The molecule has 1 N–H and O–H groups in total. The molecule has 7 nitrogen and oxygen atoms in total. The van der Waals surface area contributed by atoms with Crippen molar-refractivity contribution >= 4 is 5.97 Å². The van der Waals surface area contributed by atoms with Crippen molar-refractivity contribution in [3.63, 3.8) is 0 Å². The van der Waals surface area contributed by atoms with Gasteiger partial charge in [0, 0.05) is 37.2 Å². The van der Waals surface area contributed by atoms with E-state index in [9.17, 15) is 4.79 Å². The van der Waals surface area contributed by atoms with E-state index in [2.05, 4.69) is 55.1 Å². The Morgan fingerprint density at radius 3 is 2.55 bits per heavy atom. The molecule has 0 aliphatic carbocycles. The molecule has 0 spiro atoms. The third-order valence-electron chi connectivity index (χ3n) is 7.19. The second-order valence-electron chi connectivity index (χ2n) is 10.0. The predicted octanol–water partition coefficient (Wildman–Crippen LogP) is 5.21. The Kier molecular flexibility index (Phi) is 8.15. The van der Waals surface area contributed by atoms with Crippen molar-refractivity contribution in [3.8, 4) is 28.4 Å². The van der Waals surface area contributed by atoms with Crippen LogP contribution in [0.3, 0.4) is 0 Å². The van der Waals surface area contributed by atoms with Crippen LogP contribution in [-0.4, -0.2) is 62.0 Å². The molecule has 1 atom stereocenters. The number of hydrogen-bond acceptors (Lipinski definition) is 6. The lowest BCUT2D eigenvalue weighted by Crippen LogP contribution is -2.38. The Balaban J connectivity index is 1.22. The second kappa shape index (κ2) is 11.9. The normalized spacial score (nSPS) is 17.1. The highest BCUT2D eigenvalue weighted by atomic mass is 16.5. The fourth-order valence-corrected chi connectivity index (χ4v) is 5.29. The van der Waals surface area contributed by atoms with Crippen LogP contribution in [0.2, 0.25) is 0 Å². The van der Waals surface area contributed by atoms with Crippen molar-refractivity contribution < 1.29 is 28.8 Å². The predicted molar refractivity (Wildman–Crippen MR) is 145 cm³/mol. The number of fused-ring (bicyclic) bond motifs is 1. The standard InChI is InChI=1S/C31H35NO6/c1-21-14-27(36-13-10-32-8-11-35-12-9-32)15-22(2)31(21)24-5-3-4-23(16-24)19-37-26-6-7-28-25(17-30(33)34)20-38-29(28)18-26/h3-7,14-16,18,25H,8-13,17,19-20H2,1-2H3,(H,33,34)/t25-/m1/s1. The van der Waals surface area contributed by atoms with Crippen molar-refractivity contribution in [2.45, 2.75) is 32.8 Å². The molecule has 0 bridgehead atoms. The Morgan fingerprint density at radius 2 is 1.79 bits per heavy atom. The molecule has 2 heterocycles. The molecule has 0 amide bonds. The zero-order valence-corrected chi connectivity index (χ0v) is 22.1. The molecule has 200 valence electrons. The van der Waals surface area contributed by atoms with Gasteiger partial charge in [0.25, 0.3) is 0 Å². The summed E-state index contributed by atoms with van der Waals surface area (Å²) in [6.45, 7) is 10.2. The van der Waals surface area contributed by atoms with Crippen LogP contribution in [0.5, 0.6) is 17.2 Å². The van der Waals surface area contributed by atoms with Gasteiger partial charge in [-0.1, -0.05) is 24.3 Å². The van der Waals surface area contributed by atoms with E-state index in [0.717, 1.165) is 55.3 Å². The number of rotatable bonds is 10. The zero-order chi connectivity index (χ0) is 26.5. The lowest BCUT2D eigenvalue weighted by Gasteiger charge is -2.26. The molecular weight excluding hydrogens is 482 g/mol. The number of hydrogen-bond donors (Lipinski definition) is 1. The molecule has 1 saturated heterocycles. The van der Waals surface area contributed by atoms with Crippen LogP contribution in [0.15, 0.2) is 54.6 Å². The zero-order valence-electron chi connectivity index (χ0n) is 22.1. The van der Waals surface area contributed by atoms with Gasteiger partial charge in [0.1, 0.15) is 30.5 Å². The van der Waals surface area contributed by atoms with Crippen LogP contribution >= 0.6 is 0 Å². The minimum absolute atomic E-state index is 0.0698. The Morgan fingerprint density at radius 1 is 1.00 bits per heavy atom. The fraction of sp³-hybridized carbons (Fsp3) is 0.387. The van der Waals surface area contributed by atoms with Gasteiger partial charge in [0.2, 0.25) is 0 Å². The molecule has 0 saturated carbocycles. The van der Waals surface area contributed by atoms with Crippen molar-refractivity contribution in [1.82, 2.24) is 4.90 Å². The van der Waals surface area contributed by atoms with Crippen LogP contribution in [0, 0.1) is 13.8 Å². The molecule has 2 aliphatic rings. The van der Waals surface area contributed by atoms with Crippen LogP contribution in [0.4, 0.5) is 0 Å². The summed E-state index contributed by atoms with van der Waals surface area (Å²) in [4.78, 5) is 13.5. The number of morpholine rings is 1. The van der Waals surface area contributed by atoms with E-state index >= 15 is 0 Å². The molecule has 0 radical (unpaired) electrons. The van der Waals surface area contributed by atoms with Crippen molar-refractivity contribution in [2.24, 2.45) is 0 Å². The molecule has 7 heteroatoms. The third kappa shape index (κ3) is 6.29. The van der Waals surface area contributed by atoms with Gasteiger partial charge in [-0.3, -0.25) is 9.69 Å². The minimum Gasteiger partial charge on any atom is -0.492 e. The van der Waals surface area contributed by atoms with Crippen molar-refractivity contribution in [1.29, 1.82) is 0 Å². The highest BCUT2D eigenvalue weighted by molar-refractivity contribution is 5.72. The number of carboxylic acid groups (broad SMARTS) is 1. The maximum atomic E-state index is 11.1. The summed E-state index contributed by atoms with van der Waals surface area (Å²) in [5.74, 6) is 1.39. The van der Waals surface area contributed by atoms with Crippen LogP contribution in [0.25, 0.3) is 11.1 Å². The number of aryl methyl sites for hydroxylation is 2. The van der Waals surface area contributed by atoms with Gasteiger partial charge in [-0.05, 0) is 65.9 Å². The van der Waals surface area contributed by atoms with Gasteiger partial charge in [-0.2, -0.15) is 0 Å². The van der Waals surface area contributed by atoms with Gasteiger partial charge in [-0.25, -0.2) is 0 Å². The quantitative estimate of drug-likeness (QED) is 0.396. The Bertz CT molecular complexity index is 1260. The van der Waals surface area contributed by atoms with E-state index < -0.39 is 5.97 Å². The number of ether oxygens (including phenoxy) is 4. The highest BCUT2D eigenvalue weighted by Gasteiger charge is 2.26. The smallest absolute Gasteiger partial charge is 0.304 e. The maximum absolute atomic E-state index is 11.1. The summed E-state index contributed by atoms with van der Waals surface area (Å²) in [6.07, 6.45) is 0.0698. The van der Waals surface area contributed by atoms with Gasteiger partial charge < -0.3 is 24.1 Å². The average Bonchev–Trinajstić information content (AvgIpc) is 3.29. The molecule has 5 rings (SSSR count). The Labute approximate surface area is 223 Å². The maximum Gasteiger partial charge on any atom is 0.304 e. The van der Waals surface area contributed by atoms with Crippen molar-refractivity contribution in [2.75, 3.05) is 46.1 Å². The topological polar surface area (TPSA) is 77.5 Å². The van der Waals surface area contributed by atoms with Gasteiger partial charge in [-0.15, -0.1) is 0 Å². The number of carboxylic acids is 1. The second-order valence-corrected chi connectivity index (χ2v) is 10.0. The summed E-state index contributed by atoms with van der Waals surface area (Å²) in [6, 6.07) is 18.3. The largest absolute Gasteiger partial charge is 0.492 e. The molecule has 0 aromatic heterocycles. The molecule has 0 unspecified atom stereocenters. The fourth-order valence-electron chi connectivity index (χ4n) is 5.29. The first-order chi connectivity index (χ1) is 18.5. The van der Waals surface area contributed by atoms with Crippen LogP contribution in [-0.2, 0) is 16.1 Å². The SMILES string of the molecule is Cc1cc(OCCN2CCOCC2)cc(C)c1-c1cccc(COc2ccc3c(c2)OC[C@H]3CC(=O)O)c1. The monoisotopic (exact) mass is 517 g/mol. The number of aliphatic carboxylic acids is 1. The van der Waals surface area contributed by atoms with E-state index in [-0.39, 0.29) is 12.3 Å². The van der Waals surface area contributed by atoms with E-state index in [1.165, 1.54) is 16.7 Å². The lowest BCUT2D eigenvalue weighted by atomic mass is 9.94. The summed E-state index contributed by atoms with van der Waals surface area (Å²) in [7, 11) is 0. The first kappa shape index (κ1) is 26.1. The number of nitrogens with zero attached hydrogens (tertiary/aromatic N) is 1. The van der Waals surface area contributed by atoms with Crippen LogP contribution in [0.1, 0.15) is 34.6 Å². The molecule has 2 aliphatic heterocycles. The average molecular weight is 518 g/mol.